The Morgan fingerprint density at radius 3 is 2.60 bits per heavy atom. The second kappa shape index (κ2) is 7.47. The zero-order valence-electron chi connectivity index (χ0n) is 14.7. The molecule has 1 amide bonds. The molecule has 0 saturated heterocycles. The van der Waals surface area contributed by atoms with Gasteiger partial charge in [0, 0.05) is 0 Å². The highest BCUT2D eigenvalue weighted by atomic mass is 16.6. The van der Waals surface area contributed by atoms with Crippen molar-refractivity contribution in [3.8, 4) is 17.2 Å². The molecule has 0 unspecified atom stereocenters. The molecular formula is C20H23NO4. The summed E-state index contributed by atoms with van der Waals surface area (Å²) in [7, 11) is 0. The Balaban J connectivity index is 1.51. The van der Waals surface area contributed by atoms with Crippen molar-refractivity contribution in [2.24, 2.45) is 0 Å². The summed E-state index contributed by atoms with van der Waals surface area (Å²) < 4.78 is 17.2. The Kier molecular flexibility index (Phi) is 5.12. The lowest BCUT2D eigenvalue weighted by molar-refractivity contribution is -0.127. The van der Waals surface area contributed by atoms with Gasteiger partial charge in [0.1, 0.15) is 18.5 Å². The largest absolute Gasteiger partial charge is 0.486 e. The summed E-state index contributed by atoms with van der Waals surface area (Å²) in [5.74, 6) is 1.96. The van der Waals surface area contributed by atoms with Crippen LogP contribution in [-0.2, 0) is 4.79 Å². The van der Waals surface area contributed by atoms with E-state index in [4.69, 9.17) is 14.2 Å². The summed E-state index contributed by atoms with van der Waals surface area (Å²) >= 11 is 0. The number of rotatable bonds is 5. The van der Waals surface area contributed by atoms with Gasteiger partial charge < -0.3 is 19.5 Å². The van der Waals surface area contributed by atoms with Crippen LogP contribution in [0.15, 0.2) is 42.5 Å². The van der Waals surface area contributed by atoms with E-state index in [9.17, 15) is 4.79 Å². The fourth-order valence-electron chi connectivity index (χ4n) is 2.78. The Morgan fingerprint density at radius 2 is 1.88 bits per heavy atom. The number of nitrogens with one attached hydrogen (secondary N) is 1. The average Bonchev–Trinajstić information content (AvgIpc) is 2.58. The number of fused-ring (bicyclic) bond motifs is 1. The van der Waals surface area contributed by atoms with Gasteiger partial charge in [-0.25, -0.2) is 0 Å². The zero-order chi connectivity index (χ0) is 17.8. The molecule has 1 aliphatic rings. The van der Waals surface area contributed by atoms with Crippen molar-refractivity contribution < 1.29 is 19.0 Å². The first-order valence-electron chi connectivity index (χ1n) is 8.42. The average molecular weight is 341 g/mol. The topological polar surface area (TPSA) is 56.8 Å². The molecule has 5 nitrogen and oxygen atoms in total. The number of hydrogen-bond acceptors (Lipinski definition) is 4. The Hall–Kier alpha value is -2.69. The maximum Gasteiger partial charge on any atom is 0.260 e. The number of carbonyl (C=O) groups excluding carboxylic acids is 1. The molecule has 0 spiro atoms. The van der Waals surface area contributed by atoms with E-state index in [0.717, 1.165) is 16.9 Å². The van der Waals surface area contributed by atoms with Gasteiger partial charge in [-0.3, -0.25) is 4.79 Å². The van der Waals surface area contributed by atoms with E-state index in [-0.39, 0.29) is 12.0 Å². The van der Waals surface area contributed by atoms with E-state index in [1.54, 1.807) is 6.92 Å². The highest BCUT2D eigenvalue weighted by Crippen LogP contribution is 2.30. The van der Waals surface area contributed by atoms with Gasteiger partial charge in [0.2, 0.25) is 0 Å². The molecule has 132 valence electrons. The standard InChI is InChI=1S/C20H23NO4/c1-13-8-14(2)10-16(9-13)24-15(3)20(22)21-11-17-12-23-18-6-4-5-7-19(18)25-17/h4-10,15,17H,11-12H2,1-3H3,(H,21,22)/t15-,17-/m0/s1. The van der Waals surface area contributed by atoms with Crippen LogP contribution in [0.4, 0.5) is 0 Å². The Labute approximate surface area is 147 Å². The van der Waals surface area contributed by atoms with E-state index in [1.807, 2.05) is 50.2 Å². The van der Waals surface area contributed by atoms with Gasteiger partial charge in [-0.05, 0) is 56.2 Å². The van der Waals surface area contributed by atoms with E-state index in [1.165, 1.54) is 0 Å². The summed E-state index contributed by atoms with van der Waals surface area (Å²) in [6, 6.07) is 13.4. The zero-order valence-corrected chi connectivity index (χ0v) is 14.7. The van der Waals surface area contributed by atoms with Crippen molar-refractivity contribution in [3.63, 3.8) is 0 Å². The predicted molar refractivity (Wildman–Crippen MR) is 95.4 cm³/mol. The van der Waals surface area contributed by atoms with Crippen molar-refractivity contribution in [1.82, 2.24) is 5.32 Å². The molecule has 0 aliphatic carbocycles. The lowest BCUT2D eigenvalue weighted by Gasteiger charge is -2.27. The SMILES string of the molecule is Cc1cc(C)cc(O[C@@H](C)C(=O)NC[C@H]2COc3ccccc3O2)c1. The molecule has 3 rings (SSSR count). The molecule has 0 bridgehead atoms. The third-order valence-electron chi connectivity index (χ3n) is 3.95. The fraction of sp³-hybridized carbons (Fsp3) is 0.350. The van der Waals surface area contributed by atoms with Crippen molar-refractivity contribution in [2.75, 3.05) is 13.2 Å². The van der Waals surface area contributed by atoms with Gasteiger partial charge in [-0.1, -0.05) is 18.2 Å². The molecular weight excluding hydrogens is 318 g/mol. The lowest BCUT2D eigenvalue weighted by Crippen LogP contribution is -2.44. The molecule has 1 heterocycles. The normalized spacial score (nSPS) is 16.8. The van der Waals surface area contributed by atoms with E-state index < -0.39 is 6.10 Å². The van der Waals surface area contributed by atoms with Crippen LogP contribution < -0.4 is 19.5 Å². The lowest BCUT2D eigenvalue weighted by atomic mass is 10.1. The van der Waals surface area contributed by atoms with E-state index >= 15 is 0 Å². The Bertz CT molecular complexity index is 739. The third kappa shape index (κ3) is 4.44. The number of aryl methyl sites for hydroxylation is 2. The number of ether oxygens (including phenoxy) is 3. The van der Waals surface area contributed by atoms with Gasteiger partial charge in [0.15, 0.2) is 17.6 Å². The van der Waals surface area contributed by atoms with Crippen LogP contribution in [0.25, 0.3) is 0 Å². The minimum Gasteiger partial charge on any atom is -0.486 e. The molecule has 1 N–H and O–H groups in total. The smallest absolute Gasteiger partial charge is 0.260 e. The van der Waals surface area contributed by atoms with Crippen LogP contribution in [-0.4, -0.2) is 31.3 Å². The van der Waals surface area contributed by atoms with Crippen molar-refractivity contribution in [1.29, 1.82) is 0 Å². The van der Waals surface area contributed by atoms with Crippen molar-refractivity contribution >= 4 is 5.91 Å². The number of benzene rings is 2. The number of hydrogen-bond donors (Lipinski definition) is 1. The second-order valence-corrected chi connectivity index (χ2v) is 6.33. The minimum absolute atomic E-state index is 0.179. The summed E-state index contributed by atoms with van der Waals surface area (Å²) in [5, 5.41) is 2.86. The molecule has 0 aromatic heterocycles. The molecule has 25 heavy (non-hydrogen) atoms. The summed E-state index contributed by atoms with van der Waals surface area (Å²) in [6.07, 6.45) is -0.801. The first-order chi connectivity index (χ1) is 12.0. The number of para-hydroxylation sites is 2. The quantitative estimate of drug-likeness (QED) is 0.908. The maximum absolute atomic E-state index is 12.3. The first kappa shape index (κ1) is 17.1. The minimum atomic E-state index is -0.585. The van der Waals surface area contributed by atoms with Gasteiger partial charge in [0.25, 0.3) is 5.91 Å². The van der Waals surface area contributed by atoms with Gasteiger partial charge >= 0.3 is 0 Å². The second-order valence-electron chi connectivity index (χ2n) is 6.33. The number of amides is 1. The van der Waals surface area contributed by atoms with Crippen LogP contribution in [0.1, 0.15) is 18.1 Å². The van der Waals surface area contributed by atoms with Crippen LogP contribution in [0.5, 0.6) is 17.2 Å². The van der Waals surface area contributed by atoms with Gasteiger partial charge in [-0.15, -0.1) is 0 Å². The fourth-order valence-corrected chi connectivity index (χ4v) is 2.78. The molecule has 2 atom stereocenters. The third-order valence-corrected chi connectivity index (χ3v) is 3.95. The van der Waals surface area contributed by atoms with Gasteiger partial charge in [-0.2, -0.15) is 0 Å². The van der Waals surface area contributed by atoms with Crippen molar-refractivity contribution in [3.05, 3.63) is 53.6 Å². The van der Waals surface area contributed by atoms with Crippen LogP contribution >= 0.6 is 0 Å². The summed E-state index contributed by atoms with van der Waals surface area (Å²) in [6.45, 7) is 6.52. The van der Waals surface area contributed by atoms with Crippen LogP contribution in [0.2, 0.25) is 0 Å². The van der Waals surface area contributed by atoms with Gasteiger partial charge in [0.05, 0.1) is 6.54 Å². The molecule has 1 aliphatic heterocycles. The highest BCUT2D eigenvalue weighted by Gasteiger charge is 2.22. The highest BCUT2D eigenvalue weighted by molar-refractivity contribution is 5.80. The number of carbonyl (C=O) groups is 1. The maximum atomic E-state index is 12.3. The van der Waals surface area contributed by atoms with Crippen LogP contribution in [0, 0.1) is 13.8 Å². The van der Waals surface area contributed by atoms with E-state index in [0.29, 0.717) is 24.7 Å². The van der Waals surface area contributed by atoms with Crippen LogP contribution in [0.3, 0.4) is 0 Å². The Morgan fingerprint density at radius 1 is 1.20 bits per heavy atom. The predicted octanol–water partition coefficient (Wildman–Crippen LogP) is 3.03. The molecule has 5 heteroatoms. The molecule has 2 aromatic carbocycles. The monoisotopic (exact) mass is 341 g/mol. The van der Waals surface area contributed by atoms with E-state index in [2.05, 4.69) is 11.4 Å². The molecule has 0 fully saturated rings. The summed E-state index contributed by atoms with van der Waals surface area (Å²) in [4.78, 5) is 12.3. The molecule has 0 radical (unpaired) electrons. The molecule has 0 saturated carbocycles. The van der Waals surface area contributed by atoms with Crippen molar-refractivity contribution in [2.45, 2.75) is 33.0 Å². The first-order valence-corrected chi connectivity index (χ1v) is 8.42. The summed E-state index contributed by atoms with van der Waals surface area (Å²) in [5.41, 5.74) is 2.21. The molecule has 2 aromatic rings.